The SMILES string of the molecule is CCOC(=O)c1nnsc1NN=Cc1ccc(C(C)C)cc1. The van der Waals surface area contributed by atoms with Crippen LogP contribution in [0.5, 0.6) is 0 Å². The van der Waals surface area contributed by atoms with Crippen molar-refractivity contribution in [1.82, 2.24) is 9.59 Å². The molecule has 22 heavy (non-hydrogen) atoms. The summed E-state index contributed by atoms with van der Waals surface area (Å²) in [5.41, 5.74) is 5.18. The maximum atomic E-state index is 11.7. The summed E-state index contributed by atoms with van der Waals surface area (Å²) in [6, 6.07) is 8.14. The number of hydrogen-bond donors (Lipinski definition) is 1. The number of nitrogens with one attached hydrogen (secondary N) is 1. The van der Waals surface area contributed by atoms with Gasteiger partial charge in [0.2, 0.25) is 5.69 Å². The molecule has 0 radical (unpaired) electrons. The van der Waals surface area contributed by atoms with Crippen LogP contribution in [-0.4, -0.2) is 28.4 Å². The number of anilines is 1. The lowest BCUT2D eigenvalue weighted by molar-refractivity contribution is 0.0520. The van der Waals surface area contributed by atoms with E-state index in [1.807, 2.05) is 12.1 Å². The second-order valence-corrected chi connectivity index (χ2v) is 5.62. The number of aromatic nitrogens is 2. The summed E-state index contributed by atoms with van der Waals surface area (Å²) in [6.45, 7) is 6.34. The van der Waals surface area contributed by atoms with Crippen molar-refractivity contribution in [1.29, 1.82) is 0 Å². The zero-order valence-electron chi connectivity index (χ0n) is 12.7. The number of hydrazone groups is 1. The van der Waals surface area contributed by atoms with Crippen molar-refractivity contribution >= 4 is 28.7 Å². The van der Waals surface area contributed by atoms with Crippen LogP contribution < -0.4 is 5.43 Å². The number of hydrogen-bond acceptors (Lipinski definition) is 7. The number of rotatable bonds is 6. The summed E-state index contributed by atoms with van der Waals surface area (Å²) in [5.74, 6) is -0.00486. The van der Waals surface area contributed by atoms with Gasteiger partial charge in [0.1, 0.15) is 0 Å². The fourth-order valence-electron chi connectivity index (χ4n) is 1.73. The average molecular weight is 318 g/mol. The third-order valence-electron chi connectivity index (χ3n) is 2.94. The standard InChI is InChI=1S/C15H18N4O2S/c1-4-21-15(20)13-14(22-19-17-13)18-16-9-11-5-7-12(8-6-11)10(2)3/h5-10,18H,4H2,1-3H3. The molecular formula is C15H18N4O2S. The van der Waals surface area contributed by atoms with Gasteiger partial charge in [0.05, 0.1) is 12.8 Å². The van der Waals surface area contributed by atoms with Gasteiger partial charge >= 0.3 is 5.97 Å². The largest absolute Gasteiger partial charge is 0.461 e. The lowest BCUT2D eigenvalue weighted by Crippen LogP contribution is -2.07. The van der Waals surface area contributed by atoms with Crippen LogP contribution in [0.4, 0.5) is 5.00 Å². The number of benzene rings is 1. The van der Waals surface area contributed by atoms with Crippen LogP contribution >= 0.6 is 11.5 Å². The van der Waals surface area contributed by atoms with E-state index >= 15 is 0 Å². The lowest BCUT2D eigenvalue weighted by atomic mass is 10.0. The number of esters is 1. The Balaban J connectivity index is 2.01. The van der Waals surface area contributed by atoms with Crippen LogP contribution in [0.3, 0.4) is 0 Å². The van der Waals surface area contributed by atoms with Gasteiger partial charge in [-0.2, -0.15) is 5.10 Å². The Labute approximate surface area is 133 Å². The van der Waals surface area contributed by atoms with Gasteiger partial charge in [0.15, 0.2) is 5.00 Å². The molecular weight excluding hydrogens is 300 g/mol. The molecule has 0 bridgehead atoms. The van der Waals surface area contributed by atoms with Crippen LogP contribution in [0.15, 0.2) is 29.4 Å². The van der Waals surface area contributed by atoms with Gasteiger partial charge in [0, 0.05) is 11.5 Å². The molecule has 0 atom stereocenters. The van der Waals surface area contributed by atoms with Crippen LogP contribution in [-0.2, 0) is 4.74 Å². The smallest absolute Gasteiger partial charge is 0.362 e. The third kappa shape index (κ3) is 4.11. The maximum absolute atomic E-state index is 11.7. The van der Waals surface area contributed by atoms with E-state index in [1.54, 1.807) is 13.1 Å². The Bertz CT molecular complexity index is 650. The minimum absolute atomic E-state index is 0.152. The van der Waals surface area contributed by atoms with Crippen LogP contribution in [0.1, 0.15) is 48.3 Å². The number of carbonyl (C=O) groups is 1. The van der Waals surface area contributed by atoms with Gasteiger partial charge in [-0.3, -0.25) is 5.43 Å². The predicted molar refractivity (Wildman–Crippen MR) is 87.6 cm³/mol. The molecule has 2 rings (SSSR count). The van der Waals surface area contributed by atoms with Gasteiger partial charge in [-0.1, -0.05) is 42.6 Å². The van der Waals surface area contributed by atoms with Crippen molar-refractivity contribution in [3.63, 3.8) is 0 Å². The lowest BCUT2D eigenvalue weighted by Gasteiger charge is -2.04. The molecule has 0 amide bonds. The third-order valence-corrected chi connectivity index (χ3v) is 3.57. The minimum Gasteiger partial charge on any atom is -0.461 e. The molecule has 2 aromatic rings. The molecule has 0 aliphatic heterocycles. The number of ether oxygens (including phenoxy) is 1. The molecule has 1 N–H and O–H groups in total. The van der Waals surface area contributed by atoms with E-state index in [0.29, 0.717) is 17.5 Å². The van der Waals surface area contributed by atoms with Crippen molar-refractivity contribution in [2.75, 3.05) is 12.0 Å². The molecule has 0 aliphatic rings. The summed E-state index contributed by atoms with van der Waals surface area (Å²) >= 11 is 1.06. The van der Waals surface area contributed by atoms with E-state index in [2.05, 4.69) is 46.1 Å². The average Bonchev–Trinajstić information content (AvgIpc) is 2.96. The first kappa shape index (κ1) is 16.1. The number of nitrogens with zero attached hydrogens (tertiary/aromatic N) is 3. The monoisotopic (exact) mass is 318 g/mol. The summed E-state index contributed by atoms with van der Waals surface area (Å²) in [4.78, 5) is 11.7. The number of carbonyl (C=O) groups excluding carboxylic acids is 1. The van der Waals surface area contributed by atoms with Gasteiger partial charge in [-0.25, -0.2) is 4.79 Å². The van der Waals surface area contributed by atoms with E-state index in [-0.39, 0.29) is 5.69 Å². The molecule has 0 unspecified atom stereocenters. The Morgan fingerprint density at radius 3 is 2.77 bits per heavy atom. The molecule has 1 aromatic carbocycles. The van der Waals surface area contributed by atoms with E-state index in [9.17, 15) is 4.79 Å². The second kappa shape index (κ2) is 7.65. The first-order valence-corrected chi connectivity index (χ1v) is 7.77. The van der Waals surface area contributed by atoms with E-state index < -0.39 is 5.97 Å². The van der Waals surface area contributed by atoms with Crippen molar-refractivity contribution in [2.24, 2.45) is 5.10 Å². The van der Waals surface area contributed by atoms with Gasteiger partial charge < -0.3 is 4.74 Å². The van der Waals surface area contributed by atoms with E-state index in [4.69, 9.17) is 4.74 Å². The fourth-order valence-corrected chi connectivity index (χ4v) is 2.24. The summed E-state index contributed by atoms with van der Waals surface area (Å²) < 4.78 is 8.64. The van der Waals surface area contributed by atoms with Crippen molar-refractivity contribution in [3.05, 3.63) is 41.1 Å². The normalized spacial score (nSPS) is 11.1. The van der Waals surface area contributed by atoms with Gasteiger partial charge in [0.25, 0.3) is 0 Å². The first-order chi connectivity index (χ1) is 10.6. The Morgan fingerprint density at radius 2 is 2.14 bits per heavy atom. The highest BCUT2D eigenvalue weighted by atomic mass is 32.1. The van der Waals surface area contributed by atoms with Crippen molar-refractivity contribution in [3.8, 4) is 0 Å². The fraction of sp³-hybridized carbons (Fsp3) is 0.333. The zero-order chi connectivity index (χ0) is 15.9. The predicted octanol–water partition coefficient (Wildman–Crippen LogP) is 3.28. The molecule has 0 saturated heterocycles. The molecule has 116 valence electrons. The van der Waals surface area contributed by atoms with E-state index in [0.717, 1.165) is 17.1 Å². The topological polar surface area (TPSA) is 76.5 Å². The van der Waals surface area contributed by atoms with E-state index in [1.165, 1.54) is 5.56 Å². The molecule has 0 aliphatic carbocycles. The molecule has 0 fully saturated rings. The highest BCUT2D eigenvalue weighted by Gasteiger charge is 2.17. The first-order valence-electron chi connectivity index (χ1n) is 7.00. The van der Waals surface area contributed by atoms with Crippen molar-refractivity contribution < 1.29 is 9.53 Å². The van der Waals surface area contributed by atoms with Crippen molar-refractivity contribution in [2.45, 2.75) is 26.7 Å². The highest BCUT2D eigenvalue weighted by molar-refractivity contribution is 7.10. The molecule has 1 aromatic heterocycles. The van der Waals surface area contributed by atoms with Crippen LogP contribution in [0.2, 0.25) is 0 Å². The summed E-state index contributed by atoms with van der Waals surface area (Å²) in [5, 5.41) is 8.32. The molecule has 7 heteroatoms. The van der Waals surface area contributed by atoms with Crippen LogP contribution in [0, 0.1) is 0 Å². The summed E-state index contributed by atoms with van der Waals surface area (Å²) in [6.07, 6.45) is 1.68. The Kier molecular flexibility index (Phi) is 5.60. The molecule has 6 nitrogen and oxygen atoms in total. The van der Waals surface area contributed by atoms with Crippen LogP contribution in [0.25, 0.3) is 0 Å². The Hall–Kier alpha value is -2.28. The molecule has 0 spiro atoms. The summed E-state index contributed by atoms with van der Waals surface area (Å²) in [7, 11) is 0. The van der Waals surface area contributed by atoms with Gasteiger partial charge in [-0.15, -0.1) is 5.10 Å². The van der Waals surface area contributed by atoms with Gasteiger partial charge in [-0.05, 0) is 24.0 Å². The zero-order valence-corrected chi connectivity index (χ0v) is 13.6. The second-order valence-electron chi connectivity index (χ2n) is 4.86. The quantitative estimate of drug-likeness (QED) is 0.502. The Morgan fingerprint density at radius 1 is 1.41 bits per heavy atom. The highest BCUT2D eigenvalue weighted by Crippen LogP contribution is 2.18. The molecule has 0 saturated carbocycles. The maximum Gasteiger partial charge on any atom is 0.362 e. The minimum atomic E-state index is -0.504. The molecule has 1 heterocycles.